The lowest BCUT2D eigenvalue weighted by atomic mass is 9.82. The van der Waals surface area contributed by atoms with E-state index in [2.05, 4.69) is 26.1 Å². The van der Waals surface area contributed by atoms with Crippen LogP contribution in [0.5, 0.6) is 5.75 Å². The lowest BCUT2D eigenvalue weighted by Gasteiger charge is -2.23. The molecule has 0 heterocycles. The molecule has 1 N–H and O–H groups in total. The summed E-state index contributed by atoms with van der Waals surface area (Å²) < 4.78 is 5.53. The summed E-state index contributed by atoms with van der Waals surface area (Å²) in [5, 5.41) is 3.24. The Bertz CT molecular complexity index is 665. The molecule has 0 fully saturated rings. The predicted octanol–water partition coefficient (Wildman–Crippen LogP) is 5.05. The average molecular weight is 332 g/mol. The molecule has 0 aliphatic rings. The molecule has 4 heteroatoms. The molecule has 1 amide bonds. The van der Waals surface area contributed by atoms with E-state index in [1.165, 1.54) is 5.56 Å². The monoisotopic (exact) mass is 331 g/mol. The minimum Gasteiger partial charge on any atom is -0.484 e. The van der Waals surface area contributed by atoms with Crippen LogP contribution in [0.1, 0.15) is 32.8 Å². The molecule has 0 spiro atoms. The molecule has 0 radical (unpaired) electrons. The molecule has 0 saturated carbocycles. The summed E-state index contributed by atoms with van der Waals surface area (Å²) in [5.41, 5.74) is 1.98. The van der Waals surface area contributed by atoms with E-state index in [-0.39, 0.29) is 17.9 Å². The number of anilines is 1. The van der Waals surface area contributed by atoms with E-state index in [9.17, 15) is 4.79 Å². The number of ether oxygens (including phenoxy) is 1. The summed E-state index contributed by atoms with van der Waals surface area (Å²) in [4.78, 5) is 11.9. The van der Waals surface area contributed by atoms with Crippen molar-refractivity contribution in [2.75, 3.05) is 11.9 Å². The molecule has 3 nitrogen and oxygen atoms in total. The van der Waals surface area contributed by atoms with Gasteiger partial charge in [-0.05, 0) is 41.7 Å². The zero-order valence-electron chi connectivity index (χ0n) is 13.7. The van der Waals surface area contributed by atoms with Gasteiger partial charge in [0.15, 0.2) is 6.61 Å². The molecule has 0 unspecified atom stereocenters. The van der Waals surface area contributed by atoms with E-state index >= 15 is 0 Å². The Labute approximate surface area is 142 Å². The predicted molar refractivity (Wildman–Crippen MR) is 95.3 cm³/mol. The fourth-order valence-corrected chi connectivity index (χ4v) is 2.29. The van der Waals surface area contributed by atoms with Crippen LogP contribution in [0, 0.1) is 0 Å². The Kier molecular flexibility index (Phi) is 5.67. The van der Waals surface area contributed by atoms with Crippen molar-refractivity contribution in [2.24, 2.45) is 0 Å². The van der Waals surface area contributed by atoms with Gasteiger partial charge in [0.05, 0.1) is 10.7 Å². The highest BCUT2D eigenvalue weighted by atomic mass is 35.5. The first-order chi connectivity index (χ1) is 10.9. The van der Waals surface area contributed by atoms with E-state index in [4.69, 9.17) is 16.3 Å². The summed E-state index contributed by atoms with van der Waals surface area (Å²) >= 11 is 6.00. The molecular formula is C19H22ClNO2. The van der Waals surface area contributed by atoms with Crippen molar-refractivity contribution in [3.8, 4) is 5.75 Å². The molecule has 0 aromatic heterocycles. The Balaban J connectivity index is 1.91. The van der Waals surface area contributed by atoms with Crippen LogP contribution in [0.15, 0.2) is 48.5 Å². The fraction of sp³-hybridized carbons (Fsp3) is 0.316. The second kappa shape index (κ2) is 7.51. The van der Waals surface area contributed by atoms with Crippen molar-refractivity contribution in [2.45, 2.75) is 32.6 Å². The van der Waals surface area contributed by atoms with Crippen LogP contribution >= 0.6 is 11.6 Å². The number of benzene rings is 2. The average Bonchev–Trinajstić information content (AvgIpc) is 2.55. The van der Waals surface area contributed by atoms with Gasteiger partial charge in [-0.2, -0.15) is 0 Å². The number of hydrogen-bond acceptors (Lipinski definition) is 2. The molecule has 2 rings (SSSR count). The van der Waals surface area contributed by atoms with Crippen LogP contribution in [-0.4, -0.2) is 12.5 Å². The minimum atomic E-state index is -0.240. The number of carbonyl (C=O) groups is 1. The molecule has 0 bridgehead atoms. The van der Waals surface area contributed by atoms with Gasteiger partial charge >= 0.3 is 0 Å². The minimum absolute atomic E-state index is 0.0538. The SMILES string of the molecule is CCC(C)(C)c1ccc(OCC(=O)Nc2ccccc2Cl)cc1. The molecule has 23 heavy (non-hydrogen) atoms. The Hall–Kier alpha value is -2.00. The quantitative estimate of drug-likeness (QED) is 0.804. The first-order valence-electron chi connectivity index (χ1n) is 7.70. The van der Waals surface area contributed by atoms with Gasteiger partial charge in [-0.15, -0.1) is 0 Å². The first kappa shape index (κ1) is 17.4. The van der Waals surface area contributed by atoms with Crippen molar-refractivity contribution in [1.29, 1.82) is 0 Å². The van der Waals surface area contributed by atoms with Crippen LogP contribution in [-0.2, 0) is 10.2 Å². The summed E-state index contributed by atoms with van der Waals surface area (Å²) in [7, 11) is 0. The third-order valence-corrected chi connectivity index (χ3v) is 4.37. The molecule has 0 aliphatic carbocycles. The van der Waals surface area contributed by atoms with Gasteiger partial charge in [-0.1, -0.05) is 56.6 Å². The third-order valence-electron chi connectivity index (χ3n) is 4.04. The number of amides is 1. The lowest BCUT2D eigenvalue weighted by Crippen LogP contribution is -2.20. The Morgan fingerprint density at radius 3 is 2.39 bits per heavy atom. The Morgan fingerprint density at radius 1 is 1.13 bits per heavy atom. The van der Waals surface area contributed by atoms with E-state index < -0.39 is 0 Å². The summed E-state index contributed by atoms with van der Waals surface area (Å²) in [6, 6.07) is 15.0. The van der Waals surface area contributed by atoms with Gasteiger partial charge in [0.25, 0.3) is 5.91 Å². The third kappa shape index (κ3) is 4.73. The van der Waals surface area contributed by atoms with E-state index in [1.807, 2.05) is 36.4 Å². The summed E-state index contributed by atoms with van der Waals surface area (Å²) in [5.74, 6) is 0.436. The van der Waals surface area contributed by atoms with Gasteiger partial charge in [-0.3, -0.25) is 4.79 Å². The van der Waals surface area contributed by atoms with Crippen LogP contribution < -0.4 is 10.1 Å². The van der Waals surface area contributed by atoms with Crippen molar-refractivity contribution >= 4 is 23.2 Å². The number of halogens is 1. The fourth-order valence-electron chi connectivity index (χ4n) is 2.10. The maximum atomic E-state index is 11.9. The van der Waals surface area contributed by atoms with Crippen molar-refractivity contribution in [3.05, 3.63) is 59.1 Å². The highest BCUT2D eigenvalue weighted by molar-refractivity contribution is 6.33. The summed E-state index contributed by atoms with van der Waals surface area (Å²) in [6.07, 6.45) is 1.06. The number of nitrogens with one attached hydrogen (secondary N) is 1. The van der Waals surface area contributed by atoms with Crippen molar-refractivity contribution < 1.29 is 9.53 Å². The van der Waals surface area contributed by atoms with Crippen molar-refractivity contribution in [3.63, 3.8) is 0 Å². The van der Waals surface area contributed by atoms with Crippen LogP contribution in [0.3, 0.4) is 0 Å². The van der Waals surface area contributed by atoms with Gasteiger partial charge in [0, 0.05) is 0 Å². The highest BCUT2D eigenvalue weighted by Gasteiger charge is 2.17. The zero-order chi connectivity index (χ0) is 16.9. The molecule has 0 aliphatic heterocycles. The normalized spacial score (nSPS) is 11.1. The van der Waals surface area contributed by atoms with E-state index in [0.29, 0.717) is 16.5 Å². The molecule has 0 atom stereocenters. The largest absolute Gasteiger partial charge is 0.484 e. The molecule has 0 saturated heterocycles. The van der Waals surface area contributed by atoms with Crippen LogP contribution in [0.2, 0.25) is 5.02 Å². The lowest BCUT2D eigenvalue weighted by molar-refractivity contribution is -0.118. The number of rotatable bonds is 6. The Morgan fingerprint density at radius 2 is 1.78 bits per heavy atom. The molecule has 2 aromatic carbocycles. The maximum Gasteiger partial charge on any atom is 0.262 e. The van der Waals surface area contributed by atoms with E-state index in [0.717, 1.165) is 6.42 Å². The molecular weight excluding hydrogens is 310 g/mol. The van der Waals surface area contributed by atoms with E-state index in [1.54, 1.807) is 12.1 Å². The van der Waals surface area contributed by atoms with Gasteiger partial charge in [-0.25, -0.2) is 0 Å². The van der Waals surface area contributed by atoms with Gasteiger partial charge in [0.2, 0.25) is 0 Å². The van der Waals surface area contributed by atoms with Crippen LogP contribution in [0.25, 0.3) is 0 Å². The second-order valence-electron chi connectivity index (χ2n) is 6.08. The number of carbonyl (C=O) groups excluding carboxylic acids is 1. The highest BCUT2D eigenvalue weighted by Crippen LogP contribution is 2.28. The number of para-hydroxylation sites is 1. The standard InChI is InChI=1S/C19H22ClNO2/c1-4-19(2,3)14-9-11-15(12-10-14)23-13-18(22)21-17-8-6-5-7-16(17)20/h5-12H,4,13H2,1-3H3,(H,21,22). The zero-order valence-corrected chi connectivity index (χ0v) is 14.5. The topological polar surface area (TPSA) is 38.3 Å². The van der Waals surface area contributed by atoms with Gasteiger partial charge < -0.3 is 10.1 Å². The first-order valence-corrected chi connectivity index (χ1v) is 8.08. The molecule has 122 valence electrons. The van der Waals surface area contributed by atoms with Crippen LogP contribution in [0.4, 0.5) is 5.69 Å². The van der Waals surface area contributed by atoms with Crippen molar-refractivity contribution in [1.82, 2.24) is 0 Å². The smallest absolute Gasteiger partial charge is 0.262 e. The summed E-state index contributed by atoms with van der Waals surface area (Å²) in [6.45, 7) is 6.53. The second-order valence-corrected chi connectivity index (χ2v) is 6.49. The molecule has 2 aromatic rings. The number of hydrogen-bond donors (Lipinski definition) is 1. The van der Waals surface area contributed by atoms with Gasteiger partial charge in [0.1, 0.15) is 5.75 Å². The maximum absolute atomic E-state index is 11.9.